The van der Waals surface area contributed by atoms with Gasteiger partial charge in [0, 0.05) is 7.11 Å². The minimum absolute atomic E-state index is 0.750. The van der Waals surface area contributed by atoms with Crippen molar-refractivity contribution in [3.05, 3.63) is 17.5 Å². The number of allylic oxidation sites excluding steroid dienone is 1. The molecule has 0 saturated heterocycles. The highest BCUT2D eigenvalue weighted by atomic mass is 16.5. The Bertz CT molecular complexity index is 95.9. The van der Waals surface area contributed by atoms with Crippen LogP contribution in [0.25, 0.3) is 0 Å². The largest absolute Gasteiger partial charge is 0.619 e. The quantitative estimate of drug-likeness (QED) is 0.336. The Morgan fingerprint density at radius 3 is 1.86 bits per heavy atom. The summed E-state index contributed by atoms with van der Waals surface area (Å²) in [7, 11) is 1.00. The van der Waals surface area contributed by atoms with Gasteiger partial charge in [-0.3, -0.25) is 0 Å². The number of aliphatic hydroxyl groups excluding tert-OH is 1. The summed E-state index contributed by atoms with van der Waals surface area (Å²) in [5.41, 5.74) is 0. The lowest BCUT2D eigenvalue weighted by molar-refractivity contribution is -0.383. The van der Waals surface area contributed by atoms with Gasteiger partial charge >= 0.3 is 0 Å². The lowest BCUT2D eigenvalue weighted by Gasteiger charge is -1.95. The summed E-state index contributed by atoms with van der Waals surface area (Å²) < 4.78 is 0.750. The highest BCUT2D eigenvalue weighted by molar-refractivity contribution is 5.69. The van der Waals surface area contributed by atoms with Crippen LogP contribution in [-0.2, 0) is 0 Å². The molecule has 3 nitrogen and oxygen atoms in total. The molecule has 0 bridgehead atoms. The van der Waals surface area contributed by atoms with Crippen molar-refractivity contribution in [1.29, 1.82) is 0 Å². The number of hydrogen-bond donors (Lipinski definition) is 1. The predicted octanol–water partition coefficient (Wildman–Crippen LogP) is -0.297. The van der Waals surface area contributed by atoms with Gasteiger partial charge in [-0.05, 0) is 0 Å². The van der Waals surface area contributed by atoms with Crippen molar-refractivity contribution in [2.75, 3.05) is 7.11 Å². The average Bonchev–Trinajstić information content (AvgIpc) is 1.68. The number of rotatable bonds is 0. The van der Waals surface area contributed by atoms with E-state index in [1.165, 1.54) is 12.4 Å². The first kappa shape index (κ1) is 6.17. The molecule has 0 atom stereocenters. The van der Waals surface area contributed by atoms with E-state index in [4.69, 9.17) is 5.11 Å². The first-order chi connectivity index (χ1) is 3.39. The summed E-state index contributed by atoms with van der Waals surface area (Å²) in [6.45, 7) is 0. The highest BCUT2D eigenvalue weighted by Crippen LogP contribution is 1.79. The summed E-state index contributed by atoms with van der Waals surface area (Å²) in [6.07, 6.45) is 4.58. The molecule has 1 rings (SSSR count). The van der Waals surface area contributed by atoms with E-state index in [9.17, 15) is 5.21 Å². The second-order valence-corrected chi connectivity index (χ2v) is 0.850. The van der Waals surface area contributed by atoms with Gasteiger partial charge in [0.1, 0.15) is 0 Å². The molecule has 0 aromatic heterocycles. The molecule has 0 saturated carbocycles. The smallest absolute Gasteiger partial charge is 0.186 e. The van der Waals surface area contributed by atoms with Gasteiger partial charge in [-0.25, -0.2) is 0 Å². The Hall–Kier alpha value is -0.830. The van der Waals surface area contributed by atoms with E-state index in [0.717, 1.165) is 11.8 Å². The summed E-state index contributed by atoms with van der Waals surface area (Å²) in [4.78, 5) is 0. The summed E-state index contributed by atoms with van der Waals surface area (Å²) in [6, 6.07) is 0. The van der Waals surface area contributed by atoms with E-state index >= 15 is 0 Å². The molecule has 0 unspecified atom stereocenters. The molecule has 0 amide bonds. The first-order valence-electron chi connectivity index (χ1n) is 1.81. The van der Waals surface area contributed by atoms with Crippen molar-refractivity contribution in [3.8, 4) is 0 Å². The van der Waals surface area contributed by atoms with Crippen molar-refractivity contribution in [1.82, 2.24) is 0 Å². The van der Waals surface area contributed by atoms with Gasteiger partial charge in [0.25, 0.3) is 0 Å². The monoisotopic (exact) mass is 101 g/mol. The fraction of sp³-hybridized carbons (Fsp3) is 0.250. The Labute approximate surface area is 41.8 Å². The maximum absolute atomic E-state index is 9.67. The van der Waals surface area contributed by atoms with E-state index in [1.54, 1.807) is 6.08 Å². The van der Waals surface area contributed by atoms with Gasteiger partial charge in [0.15, 0.2) is 12.4 Å². The number of nitrogens with zero attached hydrogens (tertiary/aromatic N) is 1. The fourth-order valence-electron chi connectivity index (χ4n) is 0.156. The van der Waals surface area contributed by atoms with Crippen molar-refractivity contribution >= 4 is 6.21 Å². The molecular weight excluding hydrogens is 94.0 g/mol. The average molecular weight is 101 g/mol. The second-order valence-electron chi connectivity index (χ2n) is 0.850. The van der Waals surface area contributed by atoms with Crippen LogP contribution in [0.5, 0.6) is 0 Å². The lowest BCUT2D eigenvalue weighted by atomic mass is 10.6. The van der Waals surface area contributed by atoms with Crippen LogP contribution >= 0.6 is 0 Å². The Kier molecular flexibility index (Phi) is 2.96. The summed E-state index contributed by atoms with van der Waals surface area (Å²) in [5, 5.41) is 16.7. The predicted molar refractivity (Wildman–Crippen MR) is 27.0 cm³/mol. The number of hydroxylamine groups is 1. The van der Waals surface area contributed by atoms with Gasteiger partial charge in [-0.2, -0.15) is 4.74 Å². The molecule has 1 aliphatic rings. The van der Waals surface area contributed by atoms with Crippen molar-refractivity contribution in [3.63, 3.8) is 0 Å². The first-order valence-corrected chi connectivity index (χ1v) is 1.81. The van der Waals surface area contributed by atoms with Crippen molar-refractivity contribution < 1.29 is 9.85 Å². The van der Waals surface area contributed by atoms with Gasteiger partial charge in [-0.15, -0.1) is 0 Å². The van der Waals surface area contributed by atoms with Gasteiger partial charge in [-0.1, -0.05) is 0 Å². The second kappa shape index (κ2) is 3.36. The minimum Gasteiger partial charge on any atom is -0.619 e. The molecule has 7 heavy (non-hydrogen) atoms. The third-order valence-electron chi connectivity index (χ3n) is 0.466. The molecular formula is C4H7NO2. The van der Waals surface area contributed by atoms with Crippen LogP contribution in [0.2, 0.25) is 0 Å². The Morgan fingerprint density at radius 1 is 1.57 bits per heavy atom. The SMILES string of the molecule is CO.[O-][N+]1=CC=C1. The van der Waals surface area contributed by atoms with E-state index in [1.807, 2.05) is 0 Å². The molecule has 1 heterocycles. The van der Waals surface area contributed by atoms with Crippen LogP contribution in [-0.4, -0.2) is 23.2 Å². The van der Waals surface area contributed by atoms with Crippen LogP contribution in [0, 0.1) is 5.21 Å². The van der Waals surface area contributed by atoms with Gasteiger partial charge < -0.3 is 10.3 Å². The minimum atomic E-state index is 0.750. The van der Waals surface area contributed by atoms with Crippen LogP contribution in [0.4, 0.5) is 0 Å². The van der Waals surface area contributed by atoms with E-state index in [2.05, 4.69) is 0 Å². The zero-order valence-electron chi connectivity index (χ0n) is 4.03. The zero-order valence-corrected chi connectivity index (χ0v) is 4.03. The molecule has 3 heteroatoms. The molecule has 40 valence electrons. The molecule has 0 fully saturated rings. The molecule has 0 aliphatic carbocycles. The topological polar surface area (TPSA) is 46.3 Å². The summed E-state index contributed by atoms with van der Waals surface area (Å²) >= 11 is 0. The maximum Gasteiger partial charge on any atom is 0.186 e. The standard InChI is InChI=1S/C3H3NO.CH4O/c5-4-2-1-3-4;1-2/h1-3H;2H,1H3. The third kappa shape index (κ3) is 1.94. The molecule has 1 N–H and O–H groups in total. The number of aliphatic hydroxyl groups is 1. The molecule has 1 aliphatic heterocycles. The zero-order chi connectivity index (χ0) is 5.70. The molecule has 0 aromatic carbocycles. The molecule has 0 radical (unpaired) electrons. The van der Waals surface area contributed by atoms with Crippen molar-refractivity contribution in [2.24, 2.45) is 0 Å². The van der Waals surface area contributed by atoms with Crippen LogP contribution in [0.3, 0.4) is 0 Å². The Morgan fingerprint density at radius 2 is 1.86 bits per heavy atom. The van der Waals surface area contributed by atoms with Crippen molar-refractivity contribution in [2.45, 2.75) is 0 Å². The highest BCUT2D eigenvalue weighted by Gasteiger charge is 1.88. The lowest BCUT2D eigenvalue weighted by Crippen LogP contribution is -2.00. The van der Waals surface area contributed by atoms with Crippen LogP contribution in [0.15, 0.2) is 12.3 Å². The van der Waals surface area contributed by atoms with Gasteiger partial charge in [0.05, 0.1) is 6.08 Å². The summed E-state index contributed by atoms with van der Waals surface area (Å²) in [5.74, 6) is 0. The maximum atomic E-state index is 9.67. The van der Waals surface area contributed by atoms with E-state index in [0.29, 0.717) is 0 Å². The van der Waals surface area contributed by atoms with E-state index < -0.39 is 0 Å². The van der Waals surface area contributed by atoms with Gasteiger partial charge in [0.2, 0.25) is 0 Å². The molecule has 0 aromatic rings. The van der Waals surface area contributed by atoms with Crippen LogP contribution < -0.4 is 0 Å². The molecule has 0 spiro atoms. The fourth-order valence-corrected chi connectivity index (χ4v) is 0.156. The van der Waals surface area contributed by atoms with E-state index in [-0.39, 0.29) is 0 Å². The van der Waals surface area contributed by atoms with Crippen LogP contribution in [0.1, 0.15) is 0 Å². The normalized spacial score (nSPS) is 13.1. The third-order valence-corrected chi connectivity index (χ3v) is 0.466. The number of hydrogen-bond acceptors (Lipinski definition) is 2. The Balaban J connectivity index is 0.000000162.